The van der Waals surface area contributed by atoms with E-state index in [0.29, 0.717) is 24.3 Å². The minimum atomic E-state index is -0.890. The topological polar surface area (TPSA) is 58.6 Å². The molecule has 2 rings (SSSR count). The Morgan fingerprint density at radius 1 is 1.25 bits per heavy atom. The fourth-order valence-corrected chi connectivity index (χ4v) is 2.68. The number of carbonyl (C=O) groups is 1. The molecule has 2 N–H and O–H groups in total. The summed E-state index contributed by atoms with van der Waals surface area (Å²) < 4.78 is 5.92. The van der Waals surface area contributed by atoms with Crippen LogP contribution >= 0.6 is 0 Å². The van der Waals surface area contributed by atoms with Crippen molar-refractivity contribution >= 4 is 5.97 Å². The Bertz CT molecular complexity index is 422. The summed E-state index contributed by atoms with van der Waals surface area (Å²) in [6, 6.07) is 7.56. The summed E-state index contributed by atoms with van der Waals surface area (Å²) in [4.78, 5) is 10.8. The van der Waals surface area contributed by atoms with E-state index in [1.807, 2.05) is 12.1 Å². The third kappa shape index (κ3) is 4.32. The number of carboxylic acids is 1. The first-order chi connectivity index (χ1) is 9.69. The zero-order chi connectivity index (χ0) is 14.4. The highest BCUT2D eigenvalue weighted by Gasteiger charge is 2.20. The van der Waals surface area contributed by atoms with Gasteiger partial charge in [0.15, 0.2) is 0 Å². The van der Waals surface area contributed by atoms with E-state index in [2.05, 4.69) is 12.2 Å². The van der Waals surface area contributed by atoms with Crippen molar-refractivity contribution in [1.29, 1.82) is 0 Å². The Kier molecular flexibility index (Phi) is 5.56. The molecule has 0 spiro atoms. The summed E-state index contributed by atoms with van der Waals surface area (Å²) in [5.74, 6) is -0.890. The van der Waals surface area contributed by atoms with E-state index in [1.165, 1.54) is 12.8 Å². The quantitative estimate of drug-likeness (QED) is 0.839. The number of ether oxygens (including phenoxy) is 1. The van der Waals surface area contributed by atoms with Crippen LogP contribution in [0.3, 0.4) is 0 Å². The molecular formula is C16H23NO3. The molecule has 1 aromatic carbocycles. The maximum atomic E-state index is 10.8. The van der Waals surface area contributed by atoms with Gasteiger partial charge in [-0.25, -0.2) is 4.79 Å². The van der Waals surface area contributed by atoms with Gasteiger partial charge < -0.3 is 15.2 Å². The Morgan fingerprint density at radius 3 is 2.45 bits per heavy atom. The van der Waals surface area contributed by atoms with E-state index < -0.39 is 5.97 Å². The lowest BCUT2D eigenvalue weighted by molar-refractivity contribution is 0.0114. The molecule has 0 unspecified atom stereocenters. The number of benzene rings is 1. The third-order valence-electron chi connectivity index (χ3n) is 3.85. The van der Waals surface area contributed by atoms with Gasteiger partial charge in [0.25, 0.3) is 0 Å². The third-order valence-corrected chi connectivity index (χ3v) is 3.85. The molecular weight excluding hydrogens is 254 g/mol. The van der Waals surface area contributed by atoms with E-state index in [1.54, 1.807) is 12.1 Å². The van der Waals surface area contributed by atoms with Crippen molar-refractivity contribution < 1.29 is 14.6 Å². The van der Waals surface area contributed by atoms with Gasteiger partial charge in [0.1, 0.15) is 0 Å². The molecule has 0 bridgehead atoms. The standard InChI is InChI=1S/C16H23NO3/c1-2-17-14-7-9-15(10-8-14)20-11-12-3-5-13(6-4-12)16(18)19/h3-6,14-15,17H,2,7-11H2,1H3,(H,18,19). The molecule has 1 aromatic rings. The lowest BCUT2D eigenvalue weighted by Gasteiger charge is -2.29. The second-order valence-electron chi connectivity index (χ2n) is 5.34. The Morgan fingerprint density at radius 2 is 1.90 bits per heavy atom. The van der Waals surface area contributed by atoms with Gasteiger partial charge in [-0.3, -0.25) is 0 Å². The molecule has 1 saturated carbocycles. The van der Waals surface area contributed by atoms with Crippen LogP contribution in [0.1, 0.15) is 48.5 Å². The minimum Gasteiger partial charge on any atom is -0.478 e. The first-order valence-corrected chi connectivity index (χ1v) is 7.36. The summed E-state index contributed by atoms with van der Waals surface area (Å²) in [5, 5.41) is 12.3. The molecule has 1 aliphatic rings. The molecule has 0 atom stereocenters. The summed E-state index contributed by atoms with van der Waals surface area (Å²) in [6.07, 6.45) is 4.90. The highest BCUT2D eigenvalue weighted by Crippen LogP contribution is 2.22. The predicted molar refractivity (Wildman–Crippen MR) is 77.9 cm³/mol. The lowest BCUT2D eigenvalue weighted by Crippen LogP contribution is -2.35. The maximum absolute atomic E-state index is 10.8. The number of carboxylic acid groups (broad SMARTS) is 1. The molecule has 0 aromatic heterocycles. The summed E-state index contributed by atoms with van der Waals surface area (Å²) >= 11 is 0. The Labute approximate surface area is 120 Å². The van der Waals surface area contributed by atoms with E-state index in [9.17, 15) is 4.79 Å². The molecule has 4 nitrogen and oxygen atoms in total. The van der Waals surface area contributed by atoms with Crippen LogP contribution in [0.25, 0.3) is 0 Å². The van der Waals surface area contributed by atoms with Gasteiger partial charge in [-0.05, 0) is 49.9 Å². The molecule has 0 radical (unpaired) electrons. The van der Waals surface area contributed by atoms with Gasteiger partial charge >= 0.3 is 5.97 Å². The van der Waals surface area contributed by atoms with Crippen molar-refractivity contribution in [2.75, 3.05) is 6.54 Å². The van der Waals surface area contributed by atoms with E-state index in [-0.39, 0.29) is 0 Å². The van der Waals surface area contributed by atoms with Crippen LogP contribution in [-0.4, -0.2) is 29.8 Å². The number of hydrogen-bond donors (Lipinski definition) is 2. The summed E-state index contributed by atoms with van der Waals surface area (Å²) in [7, 11) is 0. The van der Waals surface area contributed by atoms with Crippen LogP contribution in [0.5, 0.6) is 0 Å². The highest BCUT2D eigenvalue weighted by molar-refractivity contribution is 5.87. The van der Waals surface area contributed by atoms with Crippen molar-refractivity contribution in [2.45, 2.75) is 51.4 Å². The number of rotatable bonds is 6. The molecule has 1 fully saturated rings. The van der Waals surface area contributed by atoms with Crippen molar-refractivity contribution in [2.24, 2.45) is 0 Å². The van der Waals surface area contributed by atoms with Crippen molar-refractivity contribution in [3.05, 3.63) is 35.4 Å². The van der Waals surface area contributed by atoms with E-state index in [4.69, 9.17) is 9.84 Å². The second-order valence-corrected chi connectivity index (χ2v) is 5.34. The average Bonchev–Trinajstić information content (AvgIpc) is 2.47. The number of aromatic carboxylic acids is 1. The minimum absolute atomic E-state index is 0.319. The van der Waals surface area contributed by atoms with Gasteiger partial charge in [0.2, 0.25) is 0 Å². The molecule has 0 heterocycles. The summed E-state index contributed by atoms with van der Waals surface area (Å²) in [5.41, 5.74) is 1.35. The van der Waals surface area contributed by atoms with Gasteiger partial charge in [-0.1, -0.05) is 19.1 Å². The van der Waals surface area contributed by atoms with Gasteiger partial charge in [0.05, 0.1) is 18.3 Å². The first kappa shape index (κ1) is 15.0. The molecule has 20 heavy (non-hydrogen) atoms. The normalized spacial score (nSPS) is 22.6. The zero-order valence-electron chi connectivity index (χ0n) is 12.0. The fraction of sp³-hybridized carbons (Fsp3) is 0.562. The zero-order valence-corrected chi connectivity index (χ0v) is 12.0. The van der Waals surface area contributed by atoms with Crippen molar-refractivity contribution in [1.82, 2.24) is 5.32 Å². The molecule has 0 amide bonds. The van der Waals surface area contributed by atoms with Gasteiger partial charge in [-0.2, -0.15) is 0 Å². The van der Waals surface area contributed by atoms with Crippen LogP contribution in [0.15, 0.2) is 24.3 Å². The summed E-state index contributed by atoms with van der Waals surface area (Å²) in [6.45, 7) is 3.74. The van der Waals surface area contributed by atoms with Crippen molar-refractivity contribution in [3.8, 4) is 0 Å². The average molecular weight is 277 g/mol. The van der Waals surface area contributed by atoms with E-state index in [0.717, 1.165) is 24.9 Å². The number of hydrogen-bond acceptors (Lipinski definition) is 3. The largest absolute Gasteiger partial charge is 0.478 e. The van der Waals surface area contributed by atoms with Crippen LogP contribution in [0, 0.1) is 0 Å². The van der Waals surface area contributed by atoms with Crippen molar-refractivity contribution in [3.63, 3.8) is 0 Å². The van der Waals surface area contributed by atoms with Gasteiger partial charge in [-0.15, -0.1) is 0 Å². The SMILES string of the molecule is CCNC1CCC(OCc2ccc(C(=O)O)cc2)CC1. The predicted octanol–water partition coefficient (Wildman–Crippen LogP) is 2.82. The smallest absolute Gasteiger partial charge is 0.335 e. The molecule has 4 heteroatoms. The first-order valence-electron chi connectivity index (χ1n) is 7.36. The lowest BCUT2D eigenvalue weighted by atomic mass is 9.93. The molecule has 110 valence electrons. The number of nitrogens with one attached hydrogen (secondary N) is 1. The molecule has 0 saturated heterocycles. The van der Waals surface area contributed by atoms with Crippen LogP contribution < -0.4 is 5.32 Å². The maximum Gasteiger partial charge on any atom is 0.335 e. The van der Waals surface area contributed by atoms with Gasteiger partial charge in [0, 0.05) is 6.04 Å². The van der Waals surface area contributed by atoms with Crippen LogP contribution in [-0.2, 0) is 11.3 Å². The van der Waals surface area contributed by atoms with Crippen LogP contribution in [0.4, 0.5) is 0 Å². The Balaban J connectivity index is 1.74. The second kappa shape index (κ2) is 7.41. The Hall–Kier alpha value is -1.39. The highest BCUT2D eigenvalue weighted by atomic mass is 16.5. The molecule has 1 aliphatic carbocycles. The monoisotopic (exact) mass is 277 g/mol. The van der Waals surface area contributed by atoms with E-state index >= 15 is 0 Å². The van der Waals surface area contributed by atoms with Crippen LogP contribution in [0.2, 0.25) is 0 Å². The fourth-order valence-electron chi connectivity index (χ4n) is 2.68. The molecule has 0 aliphatic heterocycles.